The number of benzene rings is 1. The molecular formula is C13H17BrO2. The molecule has 0 aromatic heterocycles. The predicted molar refractivity (Wildman–Crippen MR) is 68.2 cm³/mol. The number of ether oxygens (including phenoxy) is 2. The summed E-state index contributed by atoms with van der Waals surface area (Å²) in [4.78, 5) is 0. The van der Waals surface area contributed by atoms with Crippen molar-refractivity contribution in [1.29, 1.82) is 0 Å². The lowest BCUT2D eigenvalue weighted by Crippen LogP contribution is -2.18. The lowest BCUT2D eigenvalue weighted by Gasteiger charge is -2.17. The highest BCUT2D eigenvalue weighted by Crippen LogP contribution is 2.20. The Labute approximate surface area is 105 Å². The summed E-state index contributed by atoms with van der Waals surface area (Å²) in [7, 11) is 0. The molecule has 0 spiro atoms. The van der Waals surface area contributed by atoms with E-state index < -0.39 is 0 Å². The molecule has 0 N–H and O–H groups in total. The molecule has 1 fully saturated rings. The molecule has 1 saturated heterocycles. The van der Waals surface area contributed by atoms with Crippen molar-refractivity contribution in [3.05, 3.63) is 35.9 Å². The molecule has 2 atom stereocenters. The summed E-state index contributed by atoms with van der Waals surface area (Å²) in [5.41, 5.74) is 1.33. The normalized spacial score (nSPS) is 22.2. The molecule has 16 heavy (non-hydrogen) atoms. The van der Waals surface area contributed by atoms with Gasteiger partial charge in [-0.3, -0.25) is 0 Å². The van der Waals surface area contributed by atoms with Gasteiger partial charge in [0.25, 0.3) is 0 Å². The van der Waals surface area contributed by atoms with Gasteiger partial charge in [-0.15, -0.1) is 0 Å². The number of rotatable bonds is 5. The van der Waals surface area contributed by atoms with Crippen molar-refractivity contribution < 1.29 is 9.47 Å². The third-order valence-electron chi connectivity index (χ3n) is 2.88. The smallest absolute Gasteiger partial charge is 0.0830 e. The molecule has 1 aromatic rings. The van der Waals surface area contributed by atoms with Gasteiger partial charge in [0, 0.05) is 17.9 Å². The van der Waals surface area contributed by atoms with Crippen LogP contribution in [-0.4, -0.2) is 31.3 Å². The predicted octanol–water partition coefficient (Wildman–Crippen LogP) is 2.97. The molecule has 2 rings (SSSR count). The van der Waals surface area contributed by atoms with Crippen LogP contribution in [0, 0.1) is 0 Å². The van der Waals surface area contributed by atoms with E-state index in [-0.39, 0.29) is 0 Å². The fourth-order valence-corrected chi connectivity index (χ4v) is 2.41. The SMILES string of the molecule is BrCC(COC1CCOC1)c1ccccc1. The summed E-state index contributed by atoms with van der Waals surface area (Å²) in [6, 6.07) is 10.5. The summed E-state index contributed by atoms with van der Waals surface area (Å²) in [5, 5.41) is 0.935. The van der Waals surface area contributed by atoms with E-state index in [1.54, 1.807) is 0 Å². The lowest BCUT2D eigenvalue weighted by molar-refractivity contribution is 0.0371. The Morgan fingerprint density at radius 2 is 2.19 bits per heavy atom. The summed E-state index contributed by atoms with van der Waals surface area (Å²) >= 11 is 3.55. The van der Waals surface area contributed by atoms with Crippen molar-refractivity contribution in [3.8, 4) is 0 Å². The van der Waals surface area contributed by atoms with Crippen molar-refractivity contribution in [2.24, 2.45) is 0 Å². The molecule has 2 nitrogen and oxygen atoms in total. The zero-order valence-electron chi connectivity index (χ0n) is 9.27. The van der Waals surface area contributed by atoms with Crippen molar-refractivity contribution in [1.82, 2.24) is 0 Å². The van der Waals surface area contributed by atoms with Gasteiger partial charge in [0.05, 0.1) is 19.3 Å². The Kier molecular flexibility index (Phi) is 4.82. The first-order valence-corrected chi connectivity index (χ1v) is 6.82. The first-order valence-electron chi connectivity index (χ1n) is 5.70. The van der Waals surface area contributed by atoms with Gasteiger partial charge in [-0.1, -0.05) is 46.3 Å². The minimum Gasteiger partial charge on any atom is -0.379 e. The van der Waals surface area contributed by atoms with Crippen LogP contribution in [0.15, 0.2) is 30.3 Å². The van der Waals surface area contributed by atoms with Crippen LogP contribution >= 0.6 is 15.9 Å². The maximum atomic E-state index is 5.86. The second kappa shape index (κ2) is 6.38. The number of alkyl halides is 1. The second-order valence-electron chi connectivity index (χ2n) is 4.08. The first-order chi connectivity index (χ1) is 7.90. The van der Waals surface area contributed by atoms with E-state index in [0.29, 0.717) is 12.0 Å². The molecule has 1 aromatic carbocycles. The molecule has 1 heterocycles. The van der Waals surface area contributed by atoms with Crippen LogP contribution in [-0.2, 0) is 9.47 Å². The zero-order chi connectivity index (χ0) is 11.2. The van der Waals surface area contributed by atoms with Gasteiger partial charge in [0.1, 0.15) is 0 Å². The number of hydrogen-bond acceptors (Lipinski definition) is 2. The van der Waals surface area contributed by atoms with Crippen LogP contribution in [0.1, 0.15) is 17.9 Å². The third-order valence-corrected chi connectivity index (χ3v) is 3.66. The largest absolute Gasteiger partial charge is 0.379 e. The average Bonchev–Trinajstić information content (AvgIpc) is 2.84. The van der Waals surface area contributed by atoms with E-state index in [0.717, 1.165) is 31.6 Å². The second-order valence-corrected chi connectivity index (χ2v) is 4.73. The minimum atomic E-state index is 0.297. The van der Waals surface area contributed by atoms with E-state index in [4.69, 9.17) is 9.47 Å². The molecule has 88 valence electrons. The van der Waals surface area contributed by atoms with Crippen LogP contribution in [0.2, 0.25) is 0 Å². The van der Waals surface area contributed by atoms with Gasteiger partial charge in [-0.25, -0.2) is 0 Å². The summed E-state index contributed by atoms with van der Waals surface area (Å²) in [5.74, 6) is 0.432. The van der Waals surface area contributed by atoms with E-state index in [2.05, 4.69) is 40.2 Å². The number of hydrogen-bond donors (Lipinski definition) is 0. The highest BCUT2D eigenvalue weighted by molar-refractivity contribution is 9.09. The van der Waals surface area contributed by atoms with E-state index in [9.17, 15) is 0 Å². The standard InChI is InChI=1S/C13H17BrO2/c14-8-12(11-4-2-1-3-5-11)9-16-13-6-7-15-10-13/h1-5,12-13H,6-10H2. The number of halogens is 1. The molecule has 0 amide bonds. The molecule has 0 bridgehead atoms. The van der Waals surface area contributed by atoms with Gasteiger partial charge in [0.15, 0.2) is 0 Å². The maximum Gasteiger partial charge on any atom is 0.0830 e. The Bertz CT molecular complexity index is 296. The van der Waals surface area contributed by atoms with Gasteiger partial charge < -0.3 is 9.47 Å². The first kappa shape index (κ1) is 12.1. The van der Waals surface area contributed by atoms with E-state index in [1.165, 1.54) is 5.56 Å². The third kappa shape index (κ3) is 3.30. The van der Waals surface area contributed by atoms with Gasteiger partial charge in [-0.05, 0) is 12.0 Å². The van der Waals surface area contributed by atoms with Gasteiger partial charge >= 0.3 is 0 Å². The van der Waals surface area contributed by atoms with E-state index >= 15 is 0 Å². The van der Waals surface area contributed by atoms with Crippen LogP contribution in [0.4, 0.5) is 0 Å². The average molecular weight is 285 g/mol. The Morgan fingerprint density at radius 3 is 2.81 bits per heavy atom. The Balaban J connectivity index is 1.85. The van der Waals surface area contributed by atoms with Gasteiger partial charge in [-0.2, -0.15) is 0 Å². The fraction of sp³-hybridized carbons (Fsp3) is 0.538. The molecule has 0 radical (unpaired) electrons. The van der Waals surface area contributed by atoms with E-state index in [1.807, 2.05) is 6.07 Å². The molecule has 1 aliphatic rings. The van der Waals surface area contributed by atoms with Gasteiger partial charge in [0.2, 0.25) is 0 Å². The molecule has 0 aliphatic carbocycles. The van der Waals surface area contributed by atoms with Crippen molar-refractivity contribution in [2.75, 3.05) is 25.2 Å². The highest BCUT2D eigenvalue weighted by atomic mass is 79.9. The quantitative estimate of drug-likeness (QED) is 0.774. The minimum absolute atomic E-state index is 0.297. The Morgan fingerprint density at radius 1 is 1.38 bits per heavy atom. The van der Waals surface area contributed by atoms with Crippen LogP contribution < -0.4 is 0 Å². The Hall–Kier alpha value is -0.380. The molecule has 1 aliphatic heterocycles. The molecule has 2 unspecified atom stereocenters. The molecule has 3 heteroatoms. The monoisotopic (exact) mass is 284 g/mol. The fourth-order valence-electron chi connectivity index (χ4n) is 1.85. The van der Waals surface area contributed by atoms with Crippen molar-refractivity contribution in [2.45, 2.75) is 18.4 Å². The summed E-state index contributed by atoms with van der Waals surface area (Å²) < 4.78 is 11.1. The lowest BCUT2D eigenvalue weighted by atomic mass is 10.0. The van der Waals surface area contributed by atoms with Crippen LogP contribution in [0.3, 0.4) is 0 Å². The van der Waals surface area contributed by atoms with Crippen LogP contribution in [0.5, 0.6) is 0 Å². The molecular weight excluding hydrogens is 268 g/mol. The molecule has 0 saturated carbocycles. The summed E-state index contributed by atoms with van der Waals surface area (Å²) in [6.07, 6.45) is 1.33. The topological polar surface area (TPSA) is 18.5 Å². The maximum absolute atomic E-state index is 5.86. The highest BCUT2D eigenvalue weighted by Gasteiger charge is 2.18. The van der Waals surface area contributed by atoms with Crippen molar-refractivity contribution >= 4 is 15.9 Å². The summed E-state index contributed by atoms with van der Waals surface area (Å²) in [6.45, 7) is 2.36. The van der Waals surface area contributed by atoms with Crippen LogP contribution in [0.25, 0.3) is 0 Å². The van der Waals surface area contributed by atoms with Crippen molar-refractivity contribution in [3.63, 3.8) is 0 Å². The zero-order valence-corrected chi connectivity index (χ0v) is 10.9.